The van der Waals surface area contributed by atoms with E-state index in [1.54, 1.807) is 24.3 Å². The topological polar surface area (TPSA) is 102 Å². The monoisotopic (exact) mass is 400 g/mol. The molecule has 2 N–H and O–H groups in total. The number of fused-ring (bicyclic) bond motifs is 1. The van der Waals surface area contributed by atoms with Crippen LogP contribution in [-0.2, 0) is 11.2 Å². The summed E-state index contributed by atoms with van der Waals surface area (Å²) in [5.41, 5.74) is 1.35. The van der Waals surface area contributed by atoms with Crippen molar-refractivity contribution in [3.05, 3.63) is 51.4 Å². The molecule has 0 radical (unpaired) electrons. The lowest BCUT2D eigenvalue weighted by Crippen LogP contribution is -2.21. The number of carbonyl (C=O) groups is 2. The van der Waals surface area contributed by atoms with Crippen LogP contribution in [-0.4, -0.2) is 26.1 Å². The second kappa shape index (κ2) is 7.85. The number of ether oxygens (including phenoxy) is 2. The maximum absolute atomic E-state index is 12.8. The molecule has 28 heavy (non-hydrogen) atoms. The van der Waals surface area contributed by atoms with Gasteiger partial charge in [-0.1, -0.05) is 19.1 Å². The molecule has 0 saturated carbocycles. The number of amides is 1. The van der Waals surface area contributed by atoms with Crippen LogP contribution in [0.5, 0.6) is 5.75 Å². The van der Waals surface area contributed by atoms with Crippen LogP contribution < -0.4 is 15.6 Å². The fraction of sp³-hybridized carbons (Fsp3) is 0.250. The fourth-order valence-corrected chi connectivity index (χ4v) is 4.17. The predicted octanol–water partition coefficient (Wildman–Crippen LogP) is 3.89. The molecule has 0 fully saturated rings. The van der Waals surface area contributed by atoms with E-state index in [2.05, 4.69) is 5.32 Å². The first-order valence-corrected chi connectivity index (χ1v) is 9.40. The van der Waals surface area contributed by atoms with Crippen molar-refractivity contribution in [1.82, 2.24) is 0 Å². The zero-order chi connectivity index (χ0) is 20.4. The first kappa shape index (κ1) is 19.6. The van der Waals surface area contributed by atoms with Crippen molar-refractivity contribution < 1.29 is 23.5 Å². The number of aryl methyl sites for hydroxylation is 1. The molecule has 1 aromatic carbocycles. The molecule has 0 saturated heterocycles. The number of rotatable bonds is 5. The van der Waals surface area contributed by atoms with Gasteiger partial charge in [-0.3, -0.25) is 10.2 Å². The van der Waals surface area contributed by atoms with Crippen molar-refractivity contribution >= 4 is 39.2 Å². The Kier molecular flexibility index (Phi) is 5.51. The average molecular weight is 400 g/mol. The van der Waals surface area contributed by atoms with Gasteiger partial charge in [0, 0.05) is 10.3 Å². The quantitative estimate of drug-likeness (QED) is 0.633. The molecule has 8 heteroatoms. The number of nitrogens with one attached hydrogen (secondary N) is 2. The number of hydrogen-bond acceptors (Lipinski definition) is 7. The number of anilines is 1. The maximum Gasteiger partial charge on any atom is 0.341 e. The minimum Gasteiger partial charge on any atom is -0.493 e. The van der Waals surface area contributed by atoms with E-state index in [1.807, 2.05) is 13.8 Å². The Morgan fingerprint density at radius 3 is 2.68 bits per heavy atom. The maximum atomic E-state index is 12.8. The van der Waals surface area contributed by atoms with Crippen molar-refractivity contribution in [2.24, 2.45) is 0 Å². The number of para-hydroxylation sites is 1. The predicted molar refractivity (Wildman–Crippen MR) is 106 cm³/mol. The van der Waals surface area contributed by atoms with Crippen LogP contribution in [0, 0.1) is 12.3 Å². The Morgan fingerprint density at radius 2 is 2.04 bits per heavy atom. The zero-order valence-electron chi connectivity index (χ0n) is 16.0. The third kappa shape index (κ3) is 3.38. The van der Waals surface area contributed by atoms with Crippen molar-refractivity contribution in [2.45, 2.75) is 20.3 Å². The molecule has 0 aliphatic heterocycles. The Morgan fingerprint density at radius 1 is 1.29 bits per heavy atom. The minimum atomic E-state index is -0.535. The van der Waals surface area contributed by atoms with Crippen LogP contribution in [0.1, 0.15) is 38.1 Å². The van der Waals surface area contributed by atoms with E-state index in [9.17, 15) is 9.59 Å². The van der Waals surface area contributed by atoms with Gasteiger partial charge in [0.1, 0.15) is 10.6 Å². The summed E-state index contributed by atoms with van der Waals surface area (Å²) >= 11 is 1.30. The molecule has 0 aliphatic carbocycles. The molecule has 0 aliphatic rings. The summed E-state index contributed by atoms with van der Waals surface area (Å²) in [5, 5.41) is 11.9. The Hall–Kier alpha value is -3.13. The van der Waals surface area contributed by atoms with Gasteiger partial charge >= 0.3 is 5.97 Å². The summed E-state index contributed by atoms with van der Waals surface area (Å²) in [7, 11) is 2.81. The molecule has 3 aromatic rings. The number of methoxy groups -OCH3 is 2. The van der Waals surface area contributed by atoms with Gasteiger partial charge in [0.2, 0.25) is 5.55 Å². The van der Waals surface area contributed by atoms with E-state index in [1.165, 1.54) is 25.6 Å². The second-order valence-electron chi connectivity index (χ2n) is 6.01. The van der Waals surface area contributed by atoms with E-state index in [-0.39, 0.29) is 11.1 Å². The largest absolute Gasteiger partial charge is 0.493 e. The zero-order valence-corrected chi connectivity index (χ0v) is 16.8. The highest BCUT2D eigenvalue weighted by atomic mass is 32.1. The van der Waals surface area contributed by atoms with E-state index in [0.717, 1.165) is 10.4 Å². The van der Waals surface area contributed by atoms with Crippen molar-refractivity contribution in [3.63, 3.8) is 0 Å². The van der Waals surface area contributed by atoms with Crippen molar-refractivity contribution in [1.29, 1.82) is 5.41 Å². The van der Waals surface area contributed by atoms with Gasteiger partial charge in [-0.25, -0.2) is 4.79 Å². The van der Waals surface area contributed by atoms with Crippen molar-refractivity contribution in [3.8, 4) is 5.75 Å². The summed E-state index contributed by atoms with van der Waals surface area (Å²) < 4.78 is 15.6. The minimum absolute atomic E-state index is 0.0562. The molecular formula is C20H20N2O5S. The first-order chi connectivity index (χ1) is 13.4. The van der Waals surface area contributed by atoms with Gasteiger partial charge in [0.25, 0.3) is 5.91 Å². The van der Waals surface area contributed by atoms with Gasteiger partial charge in [0.05, 0.1) is 19.8 Å². The molecule has 2 heterocycles. The molecule has 0 bridgehead atoms. The number of carbonyl (C=O) groups excluding carboxylic acids is 2. The van der Waals surface area contributed by atoms with E-state index >= 15 is 0 Å². The SMILES string of the molecule is CCc1c(C)sc(NC(=O)c2cc3cccc(OC)c3oc2=N)c1C(=O)OC. The molecule has 7 nitrogen and oxygen atoms in total. The first-order valence-electron chi connectivity index (χ1n) is 8.58. The van der Waals surface area contributed by atoms with Gasteiger partial charge in [-0.15, -0.1) is 11.3 Å². The highest BCUT2D eigenvalue weighted by molar-refractivity contribution is 7.16. The third-order valence-corrected chi connectivity index (χ3v) is 5.46. The molecular weight excluding hydrogens is 380 g/mol. The normalized spacial score (nSPS) is 10.7. The number of hydrogen-bond donors (Lipinski definition) is 2. The lowest BCUT2D eigenvalue weighted by molar-refractivity contribution is 0.0601. The summed E-state index contributed by atoms with van der Waals surface area (Å²) in [4.78, 5) is 26.0. The highest BCUT2D eigenvalue weighted by Crippen LogP contribution is 2.34. The van der Waals surface area contributed by atoms with E-state index in [0.29, 0.717) is 33.7 Å². The van der Waals surface area contributed by atoms with Gasteiger partial charge in [-0.05, 0) is 31.0 Å². The number of benzene rings is 1. The summed E-state index contributed by atoms with van der Waals surface area (Å²) in [6.45, 7) is 3.82. The number of esters is 1. The summed E-state index contributed by atoms with van der Waals surface area (Å²) in [5.74, 6) is -0.560. The van der Waals surface area contributed by atoms with E-state index < -0.39 is 11.9 Å². The fourth-order valence-electron chi connectivity index (χ4n) is 3.04. The Labute approximate surface area is 165 Å². The third-order valence-electron chi connectivity index (χ3n) is 4.40. The molecule has 2 aromatic heterocycles. The smallest absolute Gasteiger partial charge is 0.341 e. The van der Waals surface area contributed by atoms with E-state index in [4.69, 9.17) is 19.3 Å². The van der Waals surface area contributed by atoms with Gasteiger partial charge in [0.15, 0.2) is 11.3 Å². The lowest BCUT2D eigenvalue weighted by atomic mass is 10.1. The Balaban J connectivity index is 2.04. The Bertz CT molecular complexity index is 1130. The molecule has 0 spiro atoms. The van der Waals surface area contributed by atoms with Gasteiger partial charge < -0.3 is 19.2 Å². The summed E-state index contributed by atoms with van der Waals surface area (Å²) in [6, 6.07) is 6.82. The van der Waals surface area contributed by atoms with Crippen LogP contribution in [0.3, 0.4) is 0 Å². The molecule has 3 rings (SSSR count). The average Bonchev–Trinajstić information content (AvgIpc) is 3.00. The van der Waals surface area contributed by atoms with Crippen molar-refractivity contribution in [2.75, 3.05) is 19.5 Å². The van der Waals surface area contributed by atoms with Crippen LogP contribution in [0.25, 0.3) is 11.0 Å². The van der Waals surface area contributed by atoms with Gasteiger partial charge in [-0.2, -0.15) is 0 Å². The molecule has 0 unspecified atom stereocenters. The highest BCUT2D eigenvalue weighted by Gasteiger charge is 2.24. The standard InChI is InChI=1S/C20H20N2O5S/c1-5-12-10(2)28-19(15(12)20(24)26-4)22-18(23)13-9-11-7-6-8-14(25-3)16(11)27-17(13)21/h6-9,21H,5H2,1-4H3,(H,22,23). The van der Waals surface area contributed by atoms with Crippen LogP contribution >= 0.6 is 11.3 Å². The molecule has 0 atom stereocenters. The van der Waals surface area contributed by atoms with Crippen LogP contribution in [0.2, 0.25) is 0 Å². The second-order valence-corrected chi connectivity index (χ2v) is 7.23. The lowest BCUT2D eigenvalue weighted by Gasteiger charge is -2.08. The molecule has 146 valence electrons. The summed E-state index contributed by atoms with van der Waals surface area (Å²) in [6.07, 6.45) is 0.636. The molecule has 1 amide bonds. The van der Waals surface area contributed by atoms with Crippen LogP contribution in [0.15, 0.2) is 28.7 Å². The van der Waals surface area contributed by atoms with Crippen LogP contribution in [0.4, 0.5) is 5.00 Å². The number of thiophene rings is 1.